The number of phenols is 2. The second-order valence-corrected chi connectivity index (χ2v) is 7.50. The van der Waals surface area contributed by atoms with E-state index in [0.717, 1.165) is 19.2 Å². The minimum absolute atomic E-state index is 0.00274. The number of hydrogen-bond acceptors (Lipinski definition) is 11. The highest BCUT2D eigenvalue weighted by Crippen LogP contribution is 2.43. The zero-order valence-corrected chi connectivity index (χ0v) is 17.5. The van der Waals surface area contributed by atoms with Crippen LogP contribution in [0, 0.1) is 0 Å². The molecular formula is C22H20O12. The molecule has 0 saturated carbocycles. The van der Waals surface area contributed by atoms with E-state index >= 15 is 0 Å². The number of phenolic OH excluding ortho intramolecular Hbond substituents is 2. The van der Waals surface area contributed by atoms with Gasteiger partial charge in [-0.2, -0.15) is 0 Å². The maximum absolute atomic E-state index is 12.7. The minimum Gasteiger partial charge on any atom is -0.508 e. The Morgan fingerprint density at radius 3 is 2.29 bits per heavy atom. The number of aliphatic hydroxyl groups excluding tert-OH is 3. The summed E-state index contributed by atoms with van der Waals surface area (Å²) in [6.07, 6.45) is -9.42. The average Bonchev–Trinajstić information content (AvgIpc) is 2.79. The van der Waals surface area contributed by atoms with Gasteiger partial charge in [-0.15, -0.1) is 0 Å². The number of aromatic hydroxyl groups is 2. The summed E-state index contributed by atoms with van der Waals surface area (Å²) in [5.41, 5.74) is -0.323. The van der Waals surface area contributed by atoms with Crippen LogP contribution in [0.5, 0.6) is 23.0 Å². The Morgan fingerprint density at radius 2 is 1.68 bits per heavy atom. The molecule has 2 heterocycles. The molecule has 0 unspecified atom stereocenters. The number of aliphatic carboxylic acids is 1. The van der Waals surface area contributed by atoms with Crippen LogP contribution in [0.1, 0.15) is 0 Å². The fraction of sp³-hybridized carbons (Fsp3) is 0.273. The molecule has 0 bridgehead atoms. The molecule has 6 N–H and O–H groups in total. The monoisotopic (exact) mass is 476 g/mol. The van der Waals surface area contributed by atoms with Gasteiger partial charge in [0.1, 0.15) is 40.8 Å². The SMILES string of the molecule is COc1c(O[C@@H]2O[C@H](C(=O)O)[C@@H](O)[C@H](O)[C@H]2O)cc2oc(-c3ccc(O)cc3)cc(=O)c2c1O. The predicted octanol–water partition coefficient (Wildman–Crippen LogP) is 0.151. The first-order chi connectivity index (χ1) is 16.1. The van der Waals surface area contributed by atoms with Gasteiger partial charge < -0.3 is 49.3 Å². The van der Waals surface area contributed by atoms with Crippen molar-refractivity contribution in [2.24, 2.45) is 0 Å². The molecule has 0 aliphatic carbocycles. The van der Waals surface area contributed by atoms with Crippen molar-refractivity contribution in [1.29, 1.82) is 0 Å². The molecule has 2 aromatic carbocycles. The molecule has 12 heteroatoms. The number of carboxylic acids is 1. The summed E-state index contributed by atoms with van der Waals surface area (Å²) in [7, 11) is 1.16. The van der Waals surface area contributed by atoms with Crippen LogP contribution in [-0.4, -0.2) is 74.4 Å². The van der Waals surface area contributed by atoms with Crippen LogP contribution in [-0.2, 0) is 9.53 Å². The molecule has 1 aliphatic heterocycles. The molecule has 0 radical (unpaired) electrons. The lowest BCUT2D eigenvalue weighted by Gasteiger charge is -2.38. The van der Waals surface area contributed by atoms with Crippen LogP contribution in [0.15, 0.2) is 45.6 Å². The van der Waals surface area contributed by atoms with E-state index in [1.807, 2.05) is 0 Å². The van der Waals surface area contributed by atoms with Crippen LogP contribution >= 0.6 is 0 Å². The lowest BCUT2D eigenvalue weighted by molar-refractivity contribution is -0.271. The van der Waals surface area contributed by atoms with Gasteiger partial charge in [-0.05, 0) is 24.3 Å². The van der Waals surface area contributed by atoms with Gasteiger partial charge in [-0.3, -0.25) is 4.79 Å². The van der Waals surface area contributed by atoms with Gasteiger partial charge in [0.25, 0.3) is 0 Å². The number of hydrogen-bond donors (Lipinski definition) is 6. The normalized spacial score (nSPS) is 24.6. The number of aliphatic hydroxyl groups is 3. The van der Waals surface area contributed by atoms with Crippen molar-refractivity contribution in [3.05, 3.63) is 46.6 Å². The maximum atomic E-state index is 12.7. The van der Waals surface area contributed by atoms with E-state index in [4.69, 9.17) is 18.6 Å². The highest BCUT2D eigenvalue weighted by molar-refractivity contribution is 5.89. The Labute approximate surface area is 190 Å². The fourth-order valence-corrected chi connectivity index (χ4v) is 3.59. The number of carbonyl (C=O) groups is 1. The number of carboxylic acid groups (broad SMARTS) is 1. The highest BCUT2D eigenvalue weighted by Gasteiger charge is 2.48. The zero-order chi connectivity index (χ0) is 24.7. The number of fused-ring (bicyclic) bond motifs is 1. The lowest BCUT2D eigenvalue weighted by Crippen LogP contribution is -2.61. The van der Waals surface area contributed by atoms with Crippen LogP contribution in [0.25, 0.3) is 22.3 Å². The van der Waals surface area contributed by atoms with Crippen molar-refractivity contribution in [3.63, 3.8) is 0 Å². The standard InChI is InChI=1S/C22H20O12/c1-31-19-13(33-22-18(28)16(26)17(27)20(34-22)21(29)30)7-12-14(15(19)25)10(24)6-11(32-12)8-2-4-9(23)5-3-8/h2-7,16-18,20,22-23,25-28H,1H3,(H,29,30)/t16-,17-,18+,20-,22+/m0/s1. The van der Waals surface area contributed by atoms with Crippen LogP contribution < -0.4 is 14.9 Å². The molecule has 1 aromatic heterocycles. The van der Waals surface area contributed by atoms with E-state index < -0.39 is 47.9 Å². The summed E-state index contributed by atoms with van der Waals surface area (Å²) in [6.45, 7) is 0. The van der Waals surface area contributed by atoms with Gasteiger partial charge in [0, 0.05) is 17.7 Å². The van der Waals surface area contributed by atoms with Crippen LogP contribution in [0.2, 0.25) is 0 Å². The molecule has 12 nitrogen and oxygen atoms in total. The topological polar surface area (TPSA) is 196 Å². The van der Waals surface area contributed by atoms with E-state index in [0.29, 0.717) is 5.56 Å². The first-order valence-electron chi connectivity index (χ1n) is 9.88. The molecular weight excluding hydrogens is 456 g/mol. The molecule has 0 spiro atoms. The van der Waals surface area contributed by atoms with Gasteiger partial charge in [-0.1, -0.05) is 0 Å². The maximum Gasteiger partial charge on any atom is 0.335 e. The zero-order valence-electron chi connectivity index (χ0n) is 17.5. The van der Waals surface area contributed by atoms with Crippen molar-refractivity contribution in [2.45, 2.75) is 30.7 Å². The third-order valence-corrected chi connectivity index (χ3v) is 5.32. The fourth-order valence-electron chi connectivity index (χ4n) is 3.59. The molecule has 180 valence electrons. The van der Waals surface area contributed by atoms with Crippen molar-refractivity contribution < 1.29 is 54.1 Å². The molecule has 1 saturated heterocycles. The van der Waals surface area contributed by atoms with Gasteiger partial charge in [0.05, 0.1) is 7.11 Å². The van der Waals surface area contributed by atoms with E-state index in [-0.39, 0.29) is 34.0 Å². The molecule has 3 aromatic rings. The summed E-state index contributed by atoms with van der Waals surface area (Å²) in [6, 6.07) is 8.08. The molecule has 34 heavy (non-hydrogen) atoms. The van der Waals surface area contributed by atoms with Crippen molar-refractivity contribution in [2.75, 3.05) is 7.11 Å². The van der Waals surface area contributed by atoms with Crippen LogP contribution in [0.4, 0.5) is 0 Å². The summed E-state index contributed by atoms with van der Waals surface area (Å²) in [5.74, 6) is -2.81. The molecule has 4 rings (SSSR count). The van der Waals surface area contributed by atoms with E-state index in [1.165, 1.54) is 24.3 Å². The summed E-state index contributed by atoms with van der Waals surface area (Å²) >= 11 is 0. The Hall–Kier alpha value is -3.84. The Bertz CT molecular complexity index is 1280. The molecule has 5 atom stereocenters. The first kappa shape index (κ1) is 23.3. The summed E-state index contributed by atoms with van der Waals surface area (Å²) in [4.78, 5) is 24.1. The second-order valence-electron chi connectivity index (χ2n) is 7.50. The Kier molecular flexibility index (Phi) is 6.06. The lowest BCUT2D eigenvalue weighted by atomic mass is 9.99. The number of methoxy groups -OCH3 is 1. The molecule has 1 aliphatic rings. The average molecular weight is 476 g/mol. The minimum atomic E-state index is -1.93. The van der Waals surface area contributed by atoms with E-state index in [1.54, 1.807) is 0 Å². The third-order valence-electron chi connectivity index (χ3n) is 5.32. The predicted molar refractivity (Wildman–Crippen MR) is 113 cm³/mol. The Morgan fingerprint density at radius 1 is 1.00 bits per heavy atom. The quantitative estimate of drug-likeness (QED) is 0.292. The van der Waals surface area contributed by atoms with Crippen molar-refractivity contribution in [3.8, 4) is 34.3 Å². The van der Waals surface area contributed by atoms with Crippen LogP contribution in [0.3, 0.4) is 0 Å². The van der Waals surface area contributed by atoms with Gasteiger partial charge >= 0.3 is 5.97 Å². The largest absolute Gasteiger partial charge is 0.508 e. The number of rotatable bonds is 5. The molecule has 1 fully saturated rings. The van der Waals surface area contributed by atoms with Gasteiger partial charge in [-0.25, -0.2) is 4.79 Å². The van der Waals surface area contributed by atoms with E-state index in [2.05, 4.69) is 0 Å². The first-order valence-corrected chi connectivity index (χ1v) is 9.88. The summed E-state index contributed by atoms with van der Waals surface area (Å²) in [5, 5.41) is 59.1. The molecule has 0 amide bonds. The third kappa shape index (κ3) is 3.99. The van der Waals surface area contributed by atoms with E-state index in [9.17, 15) is 40.2 Å². The highest BCUT2D eigenvalue weighted by atomic mass is 16.7. The van der Waals surface area contributed by atoms with Gasteiger partial charge in [0.15, 0.2) is 23.0 Å². The second kappa shape index (κ2) is 8.83. The van der Waals surface area contributed by atoms with Crippen molar-refractivity contribution in [1.82, 2.24) is 0 Å². The smallest absolute Gasteiger partial charge is 0.335 e. The summed E-state index contributed by atoms with van der Waals surface area (Å²) < 4.78 is 21.4. The Balaban J connectivity index is 1.80. The van der Waals surface area contributed by atoms with Gasteiger partial charge in [0.2, 0.25) is 12.0 Å². The van der Waals surface area contributed by atoms with Crippen molar-refractivity contribution >= 4 is 16.9 Å². The number of ether oxygens (including phenoxy) is 3. The number of benzene rings is 2.